The molecule has 78 valence electrons. The summed E-state index contributed by atoms with van der Waals surface area (Å²) in [6.45, 7) is 3.28. The molecule has 0 bridgehead atoms. The summed E-state index contributed by atoms with van der Waals surface area (Å²) in [5.41, 5.74) is -1.10. The lowest BCUT2D eigenvalue weighted by molar-refractivity contribution is -0.147. The summed E-state index contributed by atoms with van der Waals surface area (Å²) < 4.78 is 0. The third-order valence-corrected chi connectivity index (χ3v) is 2.54. The third kappa shape index (κ3) is 2.13. The maximum absolute atomic E-state index is 11.2. The van der Waals surface area contributed by atoms with E-state index in [1.807, 2.05) is 0 Å². The van der Waals surface area contributed by atoms with Crippen LogP contribution in [0.5, 0.6) is 0 Å². The van der Waals surface area contributed by atoms with Crippen molar-refractivity contribution in [1.82, 2.24) is 5.32 Å². The van der Waals surface area contributed by atoms with E-state index in [0.29, 0.717) is 0 Å². The molecule has 0 radical (unpaired) electrons. The van der Waals surface area contributed by atoms with Gasteiger partial charge in [0.05, 0.1) is 0 Å². The smallest absolute Gasteiger partial charge is 0.329 e. The van der Waals surface area contributed by atoms with E-state index in [9.17, 15) is 9.59 Å². The molecule has 0 aromatic rings. The summed E-state index contributed by atoms with van der Waals surface area (Å²) in [6.07, 6.45) is 4.67. The largest absolute Gasteiger partial charge is 0.480 e. The van der Waals surface area contributed by atoms with Crippen molar-refractivity contribution in [3.05, 3.63) is 12.2 Å². The first kappa shape index (κ1) is 10.8. The second-order valence-corrected chi connectivity index (χ2v) is 3.77. The van der Waals surface area contributed by atoms with Crippen molar-refractivity contribution >= 4 is 11.9 Å². The number of carbonyl (C=O) groups excluding carboxylic acids is 1. The zero-order chi connectivity index (χ0) is 10.8. The van der Waals surface area contributed by atoms with Crippen molar-refractivity contribution in [2.24, 2.45) is 5.92 Å². The molecule has 4 nitrogen and oxygen atoms in total. The normalized spacial score (nSPS) is 20.4. The number of allylic oxidation sites excluding steroid dienone is 1. The summed E-state index contributed by atoms with van der Waals surface area (Å²) in [5.74, 6) is -1.23. The molecule has 1 saturated carbocycles. The van der Waals surface area contributed by atoms with Gasteiger partial charge in [-0.2, -0.15) is 0 Å². The molecule has 1 amide bonds. The Kier molecular flexibility index (Phi) is 2.93. The number of hydrogen-bond donors (Lipinski definition) is 2. The molecule has 0 aliphatic heterocycles. The second-order valence-electron chi connectivity index (χ2n) is 3.77. The molecule has 2 N–H and O–H groups in total. The molecular formula is C10H15NO3. The van der Waals surface area contributed by atoms with Crippen LogP contribution in [0.25, 0.3) is 0 Å². The number of carboxylic acids is 1. The van der Waals surface area contributed by atoms with Crippen LogP contribution in [0.2, 0.25) is 0 Å². The predicted molar refractivity (Wildman–Crippen MR) is 51.7 cm³/mol. The van der Waals surface area contributed by atoms with Crippen LogP contribution in [0.15, 0.2) is 12.2 Å². The number of amides is 1. The minimum absolute atomic E-state index is 0.0780. The fraction of sp³-hybridized carbons (Fsp3) is 0.600. The number of carboxylic acid groups (broad SMARTS) is 1. The van der Waals surface area contributed by atoms with Gasteiger partial charge in [0.25, 0.3) is 0 Å². The minimum atomic E-state index is -1.10. The molecule has 0 saturated heterocycles. The van der Waals surface area contributed by atoms with E-state index in [-0.39, 0.29) is 11.8 Å². The Labute approximate surface area is 83.0 Å². The lowest BCUT2D eigenvalue weighted by Gasteiger charge is -2.25. The quantitative estimate of drug-likeness (QED) is 0.659. The SMILES string of the molecule is C/C=C/C(=O)NC(C)(C(=O)O)C1CC1. The topological polar surface area (TPSA) is 66.4 Å². The van der Waals surface area contributed by atoms with E-state index in [1.165, 1.54) is 6.08 Å². The molecule has 0 heterocycles. The maximum atomic E-state index is 11.2. The fourth-order valence-electron chi connectivity index (χ4n) is 1.44. The van der Waals surface area contributed by atoms with E-state index >= 15 is 0 Å². The molecule has 1 unspecified atom stereocenters. The van der Waals surface area contributed by atoms with Crippen LogP contribution < -0.4 is 5.32 Å². The Balaban J connectivity index is 2.69. The number of rotatable bonds is 4. The first-order valence-corrected chi connectivity index (χ1v) is 4.69. The molecule has 4 heteroatoms. The van der Waals surface area contributed by atoms with Crippen LogP contribution in [0.1, 0.15) is 26.7 Å². The summed E-state index contributed by atoms with van der Waals surface area (Å²) in [6, 6.07) is 0. The van der Waals surface area contributed by atoms with Crippen molar-refractivity contribution in [1.29, 1.82) is 0 Å². The average molecular weight is 197 g/mol. The van der Waals surface area contributed by atoms with Gasteiger partial charge in [-0.15, -0.1) is 0 Å². The van der Waals surface area contributed by atoms with Crippen molar-refractivity contribution in [2.75, 3.05) is 0 Å². The molecule has 0 spiro atoms. The molecular weight excluding hydrogens is 182 g/mol. The first-order valence-electron chi connectivity index (χ1n) is 4.69. The second kappa shape index (κ2) is 3.82. The Hall–Kier alpha value is -1.32. The molecule has 1 aliphatic carbocycles. The van der Waals surface area contributed by atoms with Gasteiger partial charge >= 0.3 is 5.97 Å². The van der Waals surface area contributed by atoms with Crippen molar-refractivity contribution in [3.63, 3.8) is 0 Å². The number of carbonyl (C=O) groups is 2. The van der Waals surface area contributed by atoms with Gasteiger partial charge in [-0.25, -0.2) is 4.79 Å². The molecule has 0 aromatic carbocycles. The van der Waals surface area contributed by atoms with Crippen molar-refractivity contribution in [2.45, 2.75) is 32.2 Å². The van der Waals surface area contributed by atoms with E-state index in [2.05, 4.69) is 5.32 Å². The van der Waals surface area contributed by atoms with Crippen LogP contribution in [0.3, 0.4) is 0 Å². The van der Waals surface area contributed by atoms with Crippen LogP contribution in [-0.2, 0) is 9.59 Å². The fourth-order valence-corrected chi connectivity index (χ4v) is 1.44. The zero-order valence-electron chi connectivity index (χ0n) is 8.41. The van der Waals surface area contributed by atoms with Gasteiger partial charge in [-0.05, 0) is 38.7 Å². The summed E-state index contributed by atoms with van der Waals surface area (Å²) in [4.78, 5) is 22.2. The minimum Gasteiger partial charge on any atom is -0.480 e. The summed E-state index contributed by atoms with van der Waals surface area (Å²) in [7, 11) is 0. The molecule has 1 aliphatic rings. The van der Waals surface area contributed by atoms with Gasteiger partial charge in [0.1, 0.15) is 5.54 Å². The highest BCUT2D eigenvalue weighted by Gasteiger charge is 2.48. The van der Waals surface area contributed by atoms with Crippen LogP contribution in [0, 0.1) is 5.92 Å². The van der Waals surface area contributed by atoms with Crippen molar-refractivity contribution < 1.29 is 14.7 Å². The Morgan fingerprint density at radius 1 is 1.50 bits per heavy atom. The molecule has 1 atom stereocenters. The van der Waals surface area contributed by atoms with E-state index in [1.54, 1.807) is 19.9 Å². The van der Waals surface area contributed by atoms with Gasteiger partial charge in [0.2, 0.25) is 5.91 Å². The standard InChI is InChI=1S/C10H15NO3/c1-3-4-8(12)11-10(2,9(13)14)7-5-6-7/h3-4,7H,5-6H2,1-2H3,(H,11,12)(H,13,14)/b4-3+. The van der Waals surface area contributed by atoms with E-state index in [0.717, 1.165) is 12.8 Å². The highest BCUT2D eigenvalue weighted by atomic mass is 16.4. The maximum Gasteiger partial charge on any atom is 0.329 e. The summed E-state index contributed by atoms with van der Waals surface area (Å²) in [5, 5.41) is 11.6. The van der Waals surface area contributed by atoms with Crippen molar-refractivity contribution in [3.8, 4) is 0 Å². The average Bonchev–Trinajstić information content (AvgIpc) is 2.85. The van der Waals surface area contributed by atoms with Crippen LogP contribution in [0.4, 0.5) is 0 Å². The van der Waals surface area contributed by atoms with E-state index in [4.69, 9.17) is 5.11 Å². The molecule has 1 rings (SSSR count). The predicted octanol–water partition coefficient (Wildman–Crippen LogP) is 0.932. The number of aliphatic carboxylic acids is 1. The monoisotopic (exact) mass is 197 g/mol. The lowest BCUT2D eigenvalue weighted by Crippen LogP contribution is -2.53. The first-order chi connectivity index (χ1) is 6.50. The van der Waals surface area contributed by atoms with Gasteiger partial charge in [0.15, 0.2) is 0 Å². The number of nitrogens with one attached hydrogen (secondary N) is 1. The van der Waals surface area contributed by atoms with Gasteiger partial charge in [-0.3, -0.25) is 4.79 Å². The van der Waals surface area contributed by atoms with E-state index < -0.39 is 11.5 Å². The van der Waals surface area contributed by atoms with Crippen LogP contribution in [-0.4, -0.2) is 22.5 Å². The highest BCUT2D eigenvalue weighted by Crippen LogP contribution is 2.39. The van der Waals surface area contributed by atoms with Gasteiger partial charge in [-0.1, -0.05) is 6.08 Å². The number of hydrogen-bond acceptors (Lipinski definition) is 2. The van der Waals surface area contributed by atoms with Gasteiger partial charge < -0.3 is 10.4 Å². The van der Waals surface area contributed by atoms with Crippen LogP contribution >= 0.6 is 0 Å². The molecule has 0 aromatic heterocycles. The zero-order valence-corrected chi connectivity index (χ0v) is 8.41. The summed E-state index contributed by atoms with van der Waals surface area (Å²) >= 11 is 0. The Morgan fingerprint density at radius 3 is 2.43 bits per heavy atom. The Morgan fingerprint density at radius 2 is 2.07 bits per heavy atom. The molecule has 1 fully saturated rings. The molecule has 14 heavy (non-hydrogen) atoms. The third-order valence-electron chi connectivity index (χ3n) is 2.54. The Bertz CT molecular complexity index is 281. The van der Waals surface area contributed by atoms with Gasteiger partial charge in [0, 0.05) is 0 Å². The highest BCUT2D eigenvalue weighted by molar-refractivity contribution is 5.93. The lowest BCUT2D eigenvalue weighted by atomic mass is 9.96.